The second-order valence-electron chi connectivity index (χ2n) is 6.04. The SMILES string of the molecule is CCOc1ccccc1NC(=O)[C@@H](OC(=O)/C=C/c1ccsc1)c1ccccc1. The van der Waals surface area contributed by atoms with Crippen molar-refractivity contribution in [3.8, 4) is 5.75 Å². The van der Waals surface area contributed by atoms with Crippen molar-refractivity contribution in [3.05, 3.63) is 88.6 Å². The molecule has 1 heterocycles. The summed E-state index contributed by atoms with van der Waals surface area (Å²) in [5.74, 6) is -0.502. The summed E-state index contributed by atoms with van der Waals surface area (Å²) in [7, 11) is 0. The molecule has 3 aromatic rings. The van der Waals surface area contributed by atoms with E-state index in [4.69, 9.17) is 9.47 Å². The van der Waals surface area contributed by atoms with E-state index in [2.05, 4.69) is 5.32 Å². The Morgan fingerprint density at radius 1 is 1.07 bits per heavy atom. The zero-order valence-corrected chi connectivity index (χ0v) is 16.7. The van der Waals surface area contributed by atoms with Crippen LogP contribution in [0.2, 0.25) is 0 Å². The fraction of sp³-hybridized carbons (Fsp3) is 0.130. The predicted octanol–water partition coefficient (Wildman–Crippen LogP) is 5.08. The molecule has 148 valence electrons. The minimum absolute atomic E-state index is 0.458. The number of nitrogens with one attached hydrogen (secondary N) is 1. The van der Waals surface area contributed by atoms with Crippen molar-refractivity contribution in [2.75, 3.05) is 11.9 Å². The number of hydrogen-bond donors (Lipinski definition) is 1. The second kappa shape index (κ2) is 10.2. The molecule has 1 atom stereocenters. The Morgan fingerprint density at radius 2 is 1.83 bits per heavy atom. The number of rotatable bonds is 8. The molecule has 0 fully saturated rings. The fourth-order valence-corrected chi connectivity index (χ4v) is 3.27. The summed E-state index contributed by atoms with van der Waals surface area (Å²) in [6, 6.07) is 17.9. The van der Waals surface area contributed by atoms with Crippen LogP contribution < -0.4 is 10.1 Å². The van der Waals surface area contributed by atoms with Gasteiger partial charge in [-0.3, -0.25) is 4.79 Å². The van der Waals surface area contributed by atoms with Crippen LogP contribution in [0, 0.1) is 0 Å². The molecule has 0 saturated carbocycles. The molecule has 0 spiro atoms. The monoisotopic (exact) mass is 407 g/mol. The number of thiophene rings is 1. The van der Waals surface area contributed by atoms with Crippen LogP contribution in [0.5, 0.6) is 5.75 Å². The Kier molecular flexibility index (Phi) is 7.19. The standard InChI is InChI=1S/C23H21NO4S/c1-2-27-20-11-7-6-10-19(20)24-23(26)22(18-8-4-3-5-9-18)28-21(25)13-12-17-14-15-29-16-17/h3-16,22H,2H2,1H3,(H,24,26)/b13-12+/t22-/m0/s1. The summed E-state index contributed by atoms with van der Waals surface area (Å²) in [5, 5.41) is 6.64. The van der Waals surface area contributed by atoms with Crippen molar-refractivity contribution in [1.82, 2.24) is 0 Å². The molecule has 3 rings (SSSR count). The Hall–Kier alpha value is -3.38. The number of ether oxygens (including phenoxy) is 2. The number of hydrogen-bond acceptors (Lipinski definition) is 5. The minimum Gasteiger partial charge on any atom is -0.492 e. The topological polar surface area (TPSA) is 64.6 Å². The molecule has 5 nitrogen and oxygen atoms in total. The summed E-state index contributed by atoms with van der Waals surface area (Å²) < 4.78 is 11.0. The lowest BCUT2D eigenvalue weighted by Crippen LogP contribution is -2.25. The molecule has 0 radical (unpaired) electrons. The van der Waals surface area contributed by atoms with Crippen LogP contribution in [0.15, 0.2) is 77.5 Å². The highest BCUT2D eigenvalue weighted by Crippen LogP contribution is 2.26. The van der Waals surface area contributed by atoms with Gasteiger partial charge in [0.25, 0.3) is 5.91 Å². The molecule has 1 aromatic heterocycles. The number of esters is 1. The smallest absolute Gasteiger partial charge is 0.331 e. The highest BCUT2D eigenvalue weighted by atomic mass is 32.1. The van der Waals surface area contributed by atoms with Crippen LogP contribution in [-0.4, -0.2) is 18.5 Å². The molecule has 2 aromatic carbocycles. The van der Waals surface area contributed by atoms with Gasteiger partial charge in [-0.15, -0.1) is 0 Å². The first kappa shape index (κ1) is 20.4. The third-order valence-electron chi connectivity index (χ3n) is 3.97. The van der Waals surface area contributed by atoms with Gasteiger partial charge >= 0.3 is 5.97 Å². The average Bonchev–Trinajstić information content (AvgIpc) is 3.26. The van der Waals surface area contributed by atoms with E-state index in [-0.39, 0.29) is 0 Å². The van der Waals surface area contributed by atoms with E-state index in [1.165, 1.54) is 17.4 Å². The van der Waals surface area contributed by atoms with Crippen LogP contribution in [0.1, 0.15) is 24.2 Å². The highest BCUT2D eigenvalue weighted by Gasteiger charge is 2.25. The molecule has 0 unspecified atom stereocenters. The number of carbonyl (C=O) groups excluding carboxylic acids is 2. The minimum atomic E-state index is -1.09. The molecular formula is C23H21NO4S. The van der Waals surface area contributed by atoms with E-state index in [1.54, 1.807) is 48.5 Å². The van der Waals surface area contributed by atoms with Gasteiger partial charge < -0.3 is 14.8 Å². The van der Waals surface area contributed by atoms with E-state index in [9.17, 15) is 9.59 Å². The summed E-state index contributed by atoms with van der Waals surface area (Å²) >= 11 is 1.53. The number of benzene rings is 2. The van der Waals surface area contributed by atoms with Crippen molar-refractivity contribution in [1.29, 1.82) is 0 Å². The first-order valence-corrected chi connectivity index (χ1v) is 10.1. The summed E-state index contributed by atoms with van der Waals surface area (Å²) in [4.78, 5) is 25.3. The van der Waals surface area contributed by atoms with Crippen molar-refractivity contribution in [2.45, 2.75) is 13.0 Å². The van der Waals surface area contributed by atoms with Crippen LogP contribution in [0.3, 0.4) is 0 Å². The number of carbonyl (C=O) groups is 2. The van der Waals surface area contributed by atoms with Crippen LogP contribution in [0.25, 0.3) is 6.08 Å². The van der Waals surface area contributed by atoms with Crippen molar-refractivity contribution < 1.29 is 19.1 Å². The maximum Gasteiger partial charge on any atom is 0.331 e. The van der Waals surface area contributed by atoms with Crippen LogP contribution in [0.4, 0.5) is 5.69 Å². The summed E-state index contributed by atoms with van der Waals surface area (Å²) in [6.07, 6.45) is 1.88. The van der Waals surface area contributed by atoms with Gasteiger partial charge in [0, 0.05) is 11.6 Å². The first-order chi connectivity index (χ1) is 14.2. The normalized spacial score (nSPS) is 11.8. The average molecular weight is 407 g/mol. The van der Waals surface area contributed by atoms with Gasteiger partial charge in [-0.1, -0.05) is 42.5 Å². The quantitative estimate of drug-likeness (QED) is 0.418. The predicted molar refractivity (Wildman–Crippen MR) is 115 cm³/mol. The Balaban J connectivity index is 1.78. The van der Waals surface area contributed by atoms with Gasteiger partial charge in [0.15, 0.2) is 0 Å². The molecule has 0 aliphatic rings. The zero-order valence-electron chi connectivity index (χ0n) is 15.9. The molecule has 1 N–H and O–H groups in total. The first-order valence-electron chi connectivity index (χ1n) is 9.16. The van der Waals surface area contributed by atoms with E-state index in [0.29, 0.717) is 23.6 Å². The van der Waals surface area contributed by atoms with E-state index in [0.717, 1.165) is 5.56 Å². The molecule has 29 heavy (non-hydrogen) atoms. The summed E-state index contributed by atoms with van der Waals surface area (Å²) in [5.41, 5.74) is 2.00. The van der Waals surface area contributed by atoms with Crippen molar-refractivity contribution in [3.63, 3.8) is 0 Å². The van der Waals surface area contributed by atoms with E-state index >= 15 is 0 Å². The molecule has 0 saturated heterocycles. The maximum absolute atomic E-state index is 13.0. The Labute approximate surface area is 173 Å². The molecular weight excluding hydrogens is 386 g/mol. The zero-order chi connectivity index (χ0) is 20.5. The Morgan fingerprint density at radius 3 is 2.55 bits per heavy atom. The molecule has 0 aliphatic heterocycles. The lowest BCUT2D eigenvalue weighted by molar-refractivity contribution is -0.149. The Bertz CT molecular complexity index is 968. The second-order valence-corrected chi connectivity index (χ2v) is 6.82. The van der Waals surface area contributed by atoms with Gasteiger partial charge in [0.05, 0.1) is 12.3 Å². The van der Waals surface area contributed by atoms with Gasteiger partial charge in [-0.05, 0) is 47.5 Å². The van der Waals surface area contributed by atoms with Crippen molar-refractivity contribution in [2.24, 2.45) is 0 Å². The molecule has 6 heteroatoms. The van der Waals surface area contributed by atoms with E-state index < -0.39 is 18.0 Å². The largest absolute Gasteiger partial charge is 0.492 e. The molecule has 0 bridgehead atoms. The fourth-order valence-electron chi connectivity index (χ4n) is 2.64. The van der Waals surface area contributed by atoms with Crippen LogP contribution in [-0.2, 0) is 14.3 Å². The van der Waals surface area contributed by atoms with Gasteiger partial charge in [-0.2, -0.15) is 11.3 Å². The highest BCUT2D eigenvalue weighted by molar-refractivity contribution is 7.08. The number of anilines is 1. The number of para-hydroxylation sites is 2. The van der Waals surface area contributed by atoms with Gasteiger partial charge in [0.1, 0.15) is 5.75 Å². The van der Waals surface area contributed by atoms with Crippen LogP contribution >= 0.6 is 11.3 Å². The maximum atomic E-state index is 13.0. The molecule has 0 aliphatic carbocycles. The third kappa shape index (κ3) is 5.80. The van der Waals surface area contributed by atoms with Crippen molar-refractivity contribution >= 4 is 35.0 Å². The number of amides is 1. The lowest BCUT2D eigenvalue weighted by Gasteiger charge is -2.18. The van der Waals surface area contributed by atoms with E-state index in [1.807, 2.05) is 35.9 Å². The third-order valence-corrected chi connectivity index (χ3v) is 4.68. The molecule has 1 amide bonds. The van der Waals surface area contributed by atoms with Gasteiger partial charge in [-0.25, -0.2) is 4.79 Å². The lowest BCUT2D eigenvalue weighted by atomic mass is 10.1. The van der Waals surface area contributed by atoms with Gasteiger partial charge in [0.2, 0.25) is 6.10 Å². The summed E-state index contributed by atoms with van der Waals surface area (Å²) in [6.45, 7) is 2.34.